The van der Waals surface area contributed by atoms with Gasteiger partial charge in [0.05, 0.1) is 7.11 Å². The fourth-order valence-corrected chi connectivity index (χ4v) is 1.83. The van der Waals surface area contributed by atoms with Gasteiger partial charge in [-0.05, 0) is 33.6 Å². The minimum absolute atomic E-state index is 0. The first kappa shape index (κ1) is 27.0. The summed E-state index contributed by atoms with van der Waals surface area (Å²) in [5.41, 5.74) is 1.07. The molecule has 0 saturated heterocycles. The molecule has 0 aliphatic rings. The molecular weight excluding hydrogens is 552 g/mol. The van der Waals surface area contributed by atoms with Gasteiger partial charge in [-0.2, -0.15) is 19.1 Å². The third-order valence-corrected chi connectivity index (χ3v) is 2.97. The Balaban J connectivity index is 0. The number of amides is 1. The summed E-state index contributed by atoms with van der Waals surface area (Å²) in [6.07, 6.45) is 4.74. The van der Waals surface area contributed by atoms with E-state index in [1.54, 1.807) is 13.2 Å². The molecule has 140 valence electrons. The summed E-state index contributed by atoms with van der Waals surface area (Å²) in [7, 11) is 1.61. The van der Waals surface area contributed by atoms with E-state index in [0.29, 0.717) is 18.7 Å². The van der Waals surface area contributed by atoms with E-state index in [4.69, 9.17) is 9.53 Å². The SMILES string of the molecule is COc1[c-]ccc(CNC(=O)CCCCC#CC(C)(C)C)c1.C[C-]=O.[U+2]. The van der Waals surface area contributed by atoms with Gasteiger partial charge in [-0.3, -0.25) is 11.1 Å². The van der Waals surface area contributed by atoms with Crippen molar-refractivity contribution in [1.29, 1.82) is 0 Å². The molecular formula is C21H29NO3U. The molecule has 0 aromatic heterocycles. The van der Waals surface area contributed by atoms with Gasteiger partial charge in [-0.25, -0.2) is 0 Å². The zero-order chi connectivity index (χ0) is 19.1. The molecule has 0 radical (unpaired) electrons. The van der Waals surface area contributed by atoms with Crippen LogP contribution in [0, 0.1) is 54.4 Å². The summed E-state index contributed by atoms with van der Waals surface area (Å²) in [6, 6.07) is 8.56. The fraction of sp³-hybridized carbons (Fsp3) is 0.524. The molecule has 0 bridgehead atoms. The Morgan fingerprint density at radius 2 is 2.00 bits per heavy atom. The van der Waals surface area contributed by atoms with Crippen molar-refractivity contribution < 1.29 is 45.4 Å². The van der Waals surface area contributed by atoms with Gasteiger partial charge in [0.15, 0.2) is 0 Å². The predicted octanol–water partition coefficient (Wildman–Crippen LogP) is 3.84. The van der Waals surface area contributed by atoms with Crippen LogP contribution in [-0.2, 0) is 16.1 Å². The first-order chi connectivity index (χ1) is 11.8. The topological polar surface area (TPSA) is 55.4 Å². The summed E-state index contributed by atoms with van der Waals surface area (Å²) in [5, 5.41) is 2.92. The van der Waals surface area contributed by atoms with E-state index in [1.165, 1.54) is 13.2 Å². The van der Waals surface area contributed by atoms with Crippen molar-refractivity contribution in [2.45, 2.75) is 59.9 Å². The van der Waals surface area contributed by atoms with Gasteiger partial charge in [0, 0.05) is 30.6 Å². The molecule has 26 heavy (non-hydrogen) atoms. The third kappa shape index (κ3) is 16.3. The first-order valence-electron chi connectivity index (χ1n) is 8.42. The Morgan fingerprint density at radius 1 is 1.35 bits per heavy atom. The van der Waals surface area contributed by atoms with Gasteiger partial charge in [0.25, 0.3) is 0 Å². The van der Waals surface area contributed by atoms with Crippen molar-refractivity contribution >= 4 is 12.2 Å². The monoisotopic (exact) mass is 581 g/mol. The number of ether oxygens (including phenoxy) is 1. The maximum absolute atomic E-state index is 11.8. The van der Waals surface area contributed by atoms with Gasteiger partial charge < -0.3 is 14.8 Å². The van der Waals surface area contributed by atoms with Gasteiger partial charge in [-0.15, -0.1) is 23.6 Å². The molecule has 0 heterocycles. The molecule has 0 unspecified atom stereocenters. The van der Waals surface area contributed by atoms with E-state index in [2.05, 4.69) is 44.0 Å². The quantitative estimate of drug-likeness (QED) is 0.303. The number of carbonyl (C=O) groups excluding carboxylic acids is 2. The Hall–Kier alpha value is -1.23. The van der Waals surface area contributed by atoms with Crippen LogP contribution in [-0.4, -0.2) is 19.3 Å². The van der Waals surface area contributed by atoms with E-state index in [0.717, 1.165) is 24.8 Å². The number of nitrogens with one attached hydrogen (secondary N) is 1. The second-order valence-electron chi connectivity index (χ2n) is 6.51. The maximum Gasteiger partial charge on any atom is 2.00 e. The average molecular weight is 581 g/mol. The summed E-state index contributed by atoms with van der Waals surface area (Å²) in [6.45, 7) is 8.14. The third-order valence-electron chi connectivity index (χ3n) is 2.97. The van der Waals surface area contributed by atoms with Crippen molar-refractivity contribution in [3.63, 3.8) is 0 Å². The summed E-state index contributed by atoms with van der Waals surface area (Å²) in [4.78, 5) is 20.5. The van der Waals surface area contributed by atoms with Crippen molar-refractivity contribution in [2.24, 2.45) is 5.41 Å². The van der Waals surface area contributed by atoms with E-state index in [1.807, 2.05) is 12.1 Å². The molecule has 0 fully saturated rings. The largest absolute Gasteiger partial charge is 2.00 e. The van der Waals surface area contributed by atoms with Crippen LogP contribution in [0.2, 0.25) is 0 Å². The van der Waals surface area contributed by atoms with Crippen LogP contribution in [0.1, 0.15) is 58.9 Å². The van der Waals surface area contributed by atoms with E-state index >= 15 is 0 Å². The molecule has 0 aliphatic heterocycles. The van der Waals surface area contributed by atoms with Crippen LogP contribution in [0.4, 0.5) is 0 Å². The van der Waals surface area contributed by atoms with E-state index in [9.17, 15) is 4.79 Å². The summed E-state index contributed by atoms with van der Waals surface area (Å²) >= 11 is 0. The zero-order valence-electron chi connectivity index (χ0n) is 16.5. The van der Waals surface area contributed by atoms with Gasteiger partial charge in [0.2, 0.25) is 5.91 Å². The standard InChI is InChI=1S/C19H26NO2.C2H3O.U/c1-19(2,3)13-8-6-5-7-12-18(21)20-15-16-10-9-11-17(14-16)22-4;1-2-3;/h9-10,14H,5-7,12,15H2,1-4H3,(H,20,21);1H3;/q2*-1;+2. The number of carbonyl (C=O) groups is 1. The number of unbranched alkanes of at least 4 members (excludes halogenated alkanes) is 2. The smallest absolute Gasteiger partial charge is 0.542 e. The number of benzene rings is 1. The Bertz CT molecular complexity index is 583. The van der Waals surface area contributed by atoms with Crippen molar-refractivity contribution in [3.8, 4) is 17.6 Å². The van der Waals surface area contributed by atoms with Crippen molar-refractivity contribution in [1.82, 2.24) is 5.32 Å². The van der Waals surface area contributed by atoms with E-state index in [-0.39, 0.29) is 42.4 Å². The number of hydrogen-bond acceptors (Lipinski definition) is 3. The summed E-state index contributed by atoms with van der Waals surface area (Å²) in [5.74, 6) is 7.14. The Kier molecular flexibility index (Phi) is 16.6. The van der Waals surface area contributed by atoms with Crippen LogP contribution in [0.5, 0.6) is 5.75 Å². The molecule has 1 aromatic carbocycles. The molecule has 5 heteroatoms. The van der Waals surface area contributed by atoms with Crippen LogP contribution in [0.25, 0.3) is 0 Å². The molecule has 1 aromatic rings. The molecule has 0 saturated carbocycles. The van der Waals surface area contributed by atoms with Gasteiger partial charge in [-0.1, -0.05) is 5.92 Å². The second-order valence-corrected chi connectivity index (χ2v) is 6.51. The van der Waals surface area contributed by atoms with Crippen LogP contribution < -0.4 is 10.1 Å². The van der Waals surface area contributed by atoms with Gasteiger partial charge in [0.1, 0.15) is 0 Å². The van der Waals surface area contributed by atoms with Crippen molar-refractivity contribution in [3.05, 3.63) is 29.8 Å². The normalized spacial score (nSPS) is 9.42. The Morgan fingerprint density at radius 3 is 2.58 bits per heavy atom. The summed E-state index contributed by atoms with van der Waals surface area (Å²) < 4.78 is 5.11. The second kappa shape index (κ2) is 16.0. The van der Waals surface area contributed by atoms with Crippen LogP contribution >= 0.6 is 0 Å². The number of methoxy groups -OCH3 is 1. The van der Waals surface area contributed by atoms with Gasteiger partial charge >= 0.3 is 31.1 Å². The average Bonchev–Trinajstić information content (AvgIpc) is 2.56. The fourth-order valence-electron chi connectivity index (χ4n) is 1.83. The molecule has 0 spiro atoms. The Labute approximate surface area is 182 Å². The van der Waals surface area contributed by atoms with E-state index < -0.39 is 0 Å². The zero-order valence-corrected chi connectivity index (χ0v) is 20.7. The minimum Gasteiger partial charge on any atom is -0.542 e. The molecule has 0 aliphatic carbocycles. The van der Waals surface area contributed by atoms with Crippen LogP contribution in [0.15, 0.2) is 18.2 Å². The molecule has 4 nitrogen and oxygen atoms in total. The minimum atomic E-state index is 0. The number of hydrogen-bond donors (Lipinski definition) is 1. The molecule has 1 amide bonds. The molecule has 1 N–H and O–H groups in total. The van der Waals surface area contributed by atoms with Crippen molar-refractivity contribution in [2.75, 3.05) is 7.11 Å². The van der Waals surface area contributed by atoms with Crippen LogP contribution in [0.3, 0.4) is 0 Å². The molecule has 1 rings (SSSR count). The predicted molar refractivity (Wildman–Crippen MR) is 101 cm³/mol. The first-order valence-corrected chi connectivity index (χ1v) is 8.42. The molecule has 0 atom stereocenters. The maximum atomic E-state index is 11.8. The number of rotatable bonds is 7.